The molecule has 0 aliphatic carbocycles. The monoisotopic (exact) mass is 974 g/mol. The molecule has 0 aromatic carbocycles. The van der Waals surface area contributed by atoms with Crippen molar-refractivity contribution < 1.29 is 24.5 Å². The van der Waals surface area contributed by atoms with E-state index in [1.54, 1.807) is 0 Å². The zero-order valence-corrected chi connectivity index (χ0v) is 47.0. The van der Waals surface area contributed by atoms with Gasteiger partial charge in [-0.2, -0.15) is 0 Å². The van der Waals surface area contributed by atoms with Crippen molar-refractivity contribution >= 4 is 11.9 Å². The van der Waals surface area contributed by atoms with Crippen LogP contribution in [0.15, 0.2) is 12.2 Å². The van der Waals surface area contributed by atoms with Crippen molar-refractivity contribution in [3.05, 3.63) is 12.2 Å². The second-order valence-electron chi connectivity index (χ2n) is 21.8. The topological polar surface area (TPSA) is 95.9 Å². The van der Waals surface area contributed by atoms with E-state index in [1.165, 1.54) is 257 Å². The summed E-state index contributed by atoms with van der Waals surface area (Å²) in [6, 6.07) is -0.698. The average Bonchev–Trinajstić information content (AvgIpc) is 3.34. The highest BCUT2D eigenvalue weighted by Crippen LogP contribution is 2.19. The Labute approximate surface area is 431 Å². The number of aliphatic hydroxyl groups is 2. The zero-order chi connectivity index (χ0) is 50.2. The summed E-state index contributed by atoms with van der Waals surface area (Å²) < 4.78 is 5.98. The van der Waals surface area contributed by atoms with Gasteiger partial charge in [-0.15, -0.1) is 0 Å². The van der Waals surface area contributed by atoms with E-state index in [-0.39, 0.29) is 24.9 Å². The third-order valence-corrected chi connectivity index (χ3v) is 14.8. The van der Waals surface area contributed by atoms with E-state index in [0.717, 1.165) is 51.4 Å². The number of amides is 1. The minimum atomic E-state index is -0.785. The van der Waals surface area contributed by atoms with Gasteiger partial charge < -0.3 is 20.3 Å². The van der Waals surface area contributed by atoms with Gasteiger partial charge in [-0.25, -0.2) is 0 Å². The maximum absolute atomic E-state index is 13.3. The molecule has 0 fully saturated rings. The summed E-state index contributed by atoms with van der Waals surface area (Å²) in [5.74, 6) is -0.456. The van der Waals surface area contributed by atoms with Crippen LogP contribution in [0.1, 0.15) is 355 Å². The van der Waals surface area contributed by atoms with E-state index in [0.29, 0.717) is 19.3 Å². The Bertz CT molecular complexity index is 1050. The van der Waals surface area contributed by atoms with Crippen molar-refractivity contribution in [1.82, 2.24) is 5.32 Å². The molecular weight excluding hydrogens is 851 g/mol. The maximum atomic E-state index is 13.3. The molecule has 0 aromatic rings. The van der Waals surface area contributed by atoms with Gasteiger partial charge >= 0.3 is 5.97 Å². The molecule has 0 rings (SSSR count). The molecule has 0 aliphatic heterocycles. The third kappa shape index (κ3) is 52.7. The summed E-state index contributed by atoms with van der Waals surface area (Å²) in [6.07, 6.45) is 67.1. The Kier molecular flexibility index (Phi) is 56.3. The second-order valence-corrected chi connectivity index (χ2v) is 21.8. The van der Waals surface area contributed by atoms with Crippen LogP contribution in [0.5, 0.6) is 0 Å². The van der Waals surface area contributed by atoms with E-state index in [4.69, 9.17) is 4.74 Å². The summed E-state index contributed by atoms with van der Waals surface area (Å²) in [5.41, 5.74) is 0. The number of unbranched alkanes of at least 4 members (excludes halogenated alkanes) is 44. The molecule has 0 bridgehead atoms. The lowest BCUT2D eigenvalue weighted by atomic mass is 10.0. The van der Waals surface area contributed by atoms with Crippen molar-refractivity contribution in [2.24, 2.45) is 0 Å². The number of allylic oxidation sites excluding steroid dienone is 2. The Hall–Kier alpha value is -1.40. The SMILES string of the molecule is CCCCCCCCCCC/C=C/CCCCCCCC(=O)OC(CCCCCCCCCCCCCCCCC)CC(=O)NC(CO)C(O)CCCCCCCCCCCCCCCCCCC. The number of hydrogen-bond donors (Lipinski definition) is 3. The predicted octanol–water partition coefficient (Wildman–Crippen LogP) is 19.6. The van der Waals surface area contributed by atoms with Gasteiger partial charge in [0, 0.05) is 6.42 Å². The van der Waals surface area contributed by atoms with Crippen LogP contribution < -0.4 is 5.32 Å². The van der Waals surface area contributed by atoms with Gasteiger partial charge in [0.15, 0.2) is 0 Å². The van der Waals surface area contributed by atoms with E-state index in [1.807, 2.05) is 0 Å². The molecular formula is C63H123NO5. The molecule has 6 heteroatoms. The number of aliphatic hydroxyl groups excluding tert-OH is 2. The third-order valence-electron chi connectivity index (χ3n) is 14.8. The highest BCUT2D eigenvalue weighted by Gasteiger charge is 2.24. The minimum Gasteiger partial charge on any atom is -0.462 e. The molecule has 0 saturated heterocycles. The number of hydrogen-bond acceptors (Lipinski definition) is 5. The molecule has 3 atom stereocenters. The largest absolute Gasteiger partial charge is 0.462 e. The lowest BCUT2D eigenvalue weighted by molar-refractivity contribution is -0.151. The number of carbonyl (C=O) groups excluding carboxylic acids is 2. The summed E-state index contributed by atoms with van der Waals surface area (Å²) in [4.78, 5) is 26.4. The van der Waals surface area contributed by atoms with E-state index in [9.17, 15) is 19.8 Å². The van der Waals surface area contributed by atoms with Crippen molar-refractivity contribution in [2.45, 2.75) is 373 Å². The molecule has 3 N–H and O–H groups in total. The first-order valence-electron chi connectivity index (χ1n) is 31.4. The van der Waals surface area contributed by atoms with Gasteiger partial charge in [0.05, 0.1) is 25.2 Å². The van der Waals surface area contributed by atoms with Gasteiger partial charge in [-0.3, -0.25) is 9.59 Å². The van der Waals surface area contributed by atoms with Gasteiger partial charge in [0.1, 0.15) is 6.10 Å². The molecule has 6 nitrogen and oxygen atoms in total. The highest BCUT2D eigenvalue weighted by atomic mass is 16.5. The van der Waals surface area contributed by atoms with Gasteiger partial charge in [0.2, 0.25) is 5.91 Å². The lowest BCUT2D eigenvalue weighted by Gasteiger charge is -2.24. The first-order valence-corrected chi connectivity index (χ1v) is 31.4. The van der Waals surface area contributed by atoms with Crippen LogP contribution in [0.3, 0.4) is 0 Å². The molecule has 410 valence electrons. The van der Waals surface area contributed by atoms with E-state index < -0.39 is 18.2 Å². The number of esters is 1. The molecule has 0 aromatic heterocycles. The smallest absolute Gasteiger partial charge is 0.306 e. The number of carbonyl (C=O) groups is 2. The number of ether oxygens (including phenoxy) is 1. The molecule has 1 amide bonds. The predicted molar refractivity (Wildman–Crippen MR) is 301 cm³/mol. The summed E-state index contributed by atoms with van der Waals surface area (Å²) >= 11 is 0. The van der Waals surface area contributed by atoms with Crippen LogP contribution in [0, 0.1) is 0 Å². The number of rotatable bonds is 58. The maximum Gasteiger partial charge on any atom is 0.306 e. The van der Waals surface area contributed by atoms with Crippen LogP contribution in [0.4, 0.5) is 0 Å². The Morgan fingerprint density at radius 2 is 0.696 bits per heavy atom. The molecule has 3 unspecified atom stereocenters. The summed E-state index contributed by atoms with van der Waals surface area (Å²) in [7, 11) is 0. The van der Waals surface area contributed by atoms with E-state index >= 15 is 0 Å². The van der Waals surface area contributed by atoms with Crippen LogP contribution >= 0.6 is 0 Å². The standard InChI is InChI=1S/C63H123NO5/c1-4-7-10-13-16-19-22-25-28-30-32-35-38-41-44-47-50-53-56-63(68)69-59(54-51-48-45-42-39-36-33-27-24-21-18-15-12-9-6-3)57-62(67)64-60(58-65)61(66)55-52-49-46-43-40-37-34-31-29-26-23-20-17-14-11-8-5-2/h32,35,59-61,65-66H,4-31,33-34,36-58H2,1-3H3,(H,64,67)/b35-32+. The molecule has 69 heavy (non-hydrogen) atoms. The highest BCUT2D eigenvalue weighted by molar-refractivity contribution is 5.77. The zero-order valence-electron chi connectivity index (χ0n) is 47.0. The van der Waals surface area contributed by atoms with Crippen LogP contribution in [0.2, 0.25) is 0 Å². The van der Waals surface area contributed by atoms with Crippen LogP contribution in [-0.2, 0) is 14.3 Å². The van der Waals surface area contributed by atoms with Crippen LogP contribution in [0.25, 0.3) is 0 Å². The first-order chi connectivity index (χ1) is 34.0. The molecule has 0 aliphatic rings. The quantitative estimate of drug-likeness (QED) is 0.0321. The van der Waals surface area contributed by atoms with Gasteiger partial charge in [-0.1, -0.05) is 303 Å². The fourth-order valence-corrected chi connectivity index (χ4v) is 10.1. The lowest BCUT2D eigenvalue weighted by Crippen LogP contribution is -2.46. The normalized spacial score (nSPS) is 13.1. The molecule has 0 heterocycles. The fraction of sp³-hybridized carbons (Fsp3) is 0.937. The Balaban J connectivity index is 4.48. The van der Waals surface area contributed by atoms with Crippen molar-refractivity contribution in [1.29, 1.82) is 0 Å². The van der Waals surface area contributed by atoms with E-state index in [2.05, 4.69) is 38.2 Å². The Morgan fingerprint density at radius 1 is 0.406 bits per heavy atom. The van der Waals surface area contributed by atoms with Crippen LogP contribution in [-0.4, -0.2) is 46.9 Å². The summed E-state index contributed by atoms with van der Waals surface area (Å²) in [6.45, 7) is 6.54. The fourth-order valence-electron chi connectivity index (χ4n) is 10.1. The number of nitrogens with one attached hydrogen (secondary N) is 1. The van der Waals surface area contributed by atoms with Gasteiger partial charge in [0.25, 0.3) is 0 Å². The van der Waals surface area contributed by atoms with Crippen molar-refractivity contribution in [3.8, 4) is 0 Å². The minimum absolute atomic E-state index is 0.0827. The summed E-state index contributed by atoms with van der Waals surface area (Å²) in [5, 5.41) is 24.0. The first kappa shape index (κ1) is 67.6. The molecule has 0 saturated carbocycles. The molecule has 0 radical (unpaired) electrons. The van der Waals surface area contributed by atoms with Crippen molar-refractivity contribution in [3.63, 3.8) is 0 Å². The average molecular weight is 975 g/mol. The Morgan fingerprint density at radius 3 is 1.03 bits per heavy atom. The van der Waals surface area contributed by atoms with Gasteiger partial charge in [-0.05, 0) is 51.4 Å². The molecule has 0 spiro atoms. The second kappa shape index (κ2) is 57.5. The van der Waals surface area contributed by atoms with Crippen molar-refractivity contribution in [2.75, 3.05) is 6.61 Å².